The summed E-state index contributed by atoms with van der Waals surface area (Å²) in [6.45, 7) is 1.87. The molecule has 3 nitrogen and oxygen atoms in total. The van der Waals surface area contributed by atoms with Crippen molar-refractivity contribution in [3.05, 3.63) is 87.6 Å². The zero-order valence-electron chi connectivity index (χ0n) is 15.1. The lowest BCUT2D eigenvalue weighted by Crippen LogP contribution is -2.32. The number of carbonyl (C=O) groups is 1. The summed E-state index contributed by atoms with van der Waals surface area (Å²) in [6, 6.07) is 16.5. The van der Waals surface area contributed by atoms with Crippen LogP contribution in [-0.2, 0) is 11.0 Å². The molecule has 3 rings (SSSR count). The quantitative estimate of drug-likeness (QED) is 0.578. The van der Waals surface area contributed by atoms with Crippen molar-refractivity contribution in [1.82, 2.24) is 5.32 Å². The fourth-order valence-electron chi connectivity index (χ4n) is 2.83. The average Bonchev–Trinajstić information content (AvgIpc) is 3.17. The van der Waals surface area contributed by atoms with Gasteiger partial charge in [0.05, 0.1) is 23.8 Å². The number of alkyl halides is 3. The molecule has 0 fully saturated rings. The van der Waals surface area contributed by atoms with E-state index in [1.807, 2.05) is 48.7 Å². The van der Waals surface area contributed by atoms with Gasteiger partial charge >= 0.3 is 6.18 Å². The third-order valence-electron chi connectivity index (χ3n) is 4.21. The number of hydrogen-bond acceptors (Lipinski definition) is 3. The molecule has 0 aliphatic rings. The molecule has 3 aromatic rings. The molecule has 2 N–H and O–H groups in total. The van der Waals surface area contributed by atoms with E-state index in [1.54, 1.807) is 11.3 Å². The van der Waals surface area contributed by atoms with Crippen molar-refractivity contribution in [3.63, 3.8) is 0 Å². The van der Waals surface area contributed by atoms with Crippen LogP contribution in [0, 0.1) is 6.92 Å². The summed E-state index contributed by atoms with van der Waals surface area (Å²) in [7, 11) is 0. The molecule has 0 aliphatic heterocycles. The predicted octanol–water partition coefficient (Wildman–Crippen LogP) is 5.39. The topological polar surface area (TPSA) is 41.1 Å². The standard InChI is InChI=1S/C21H19F3N2OS/c1-14-8-10-15(11-9-14)20(18-7-4-12-28-18)25-13-19(27)26-17-6-3-2-5-16(17)21(22,23)24/h2-12,20,25H,13H2,1H3,(H,26,27)/t20-/m0/s1. The highest BCUT2D eigenvalue weighted by molar-refractivity contribution is 7.10. The number of aryl methyl sites for hydroxylation is 1. The zero-order valence-corrected chi connectivity index (χ0v) is 15.9. The van der Waals surface area contributed by atoms with Crippen LogP contribution in [0.1, 0.15) is 27.6 Å². The molecule has 0 aliphatic carbocycles. The van der Waals surface area contributed by atoms with Crippen molar-refractivity contribution in [2.24, 2.45) is 0 Å². The largest absolute Gasteiger partial charge is 0.418 e. The van der Waals surface area contributed by atoms with Gasteiger partial charge < -0.3 is 5.32 Å². The number of halogens is 3. The van der Waals surface area contributed by atoms with Crippen molar-refractivity contribution in [2.45, 2.75) is 19.1 Å². The Labute approximate surface area is 165 Å². The summed E-state index contributed by atoms with van der Waals surface area (Å²) in [5.41, 5.74) is 0.994. The van der Waals surface area contributed by atoms with Gasteiger partial charge in [-0.05, 0) is 36.1 Å². The number of thiophene rings is 1. The smallest absolute Gasteiger partial charge is 0.324 e. The highest BCUT2D eigenvalue weighted by Gasteiger charge is 2.33. The lowest BCUT2D eigenvalue weighted by molar-refractivity contribution is -0.137. The SMILES string of the molecule is Cc1ccc([C@H](NCC(=O)Nc2ccccc2C(F)(F)F)c2cccs2)cc1. The third-order valence-corrected chi connectivity index (χ3v) is 5.15. The number of nitrogens with one attached hydrogen (secondary N) is 2. The maximum absolute atomic E-state index is 13.1. The second kappa shape index (κ2) is 8.58. The monoisotopic (exact) mass is 404 g/mol. The predicted molar refractivity (Wildman–Crippen MR) is 105 cm³/mol. The Kier molecular flexibility index (Phi) is 6.16. The Bertz CT molecular complexity index is 922. The first-order chi connectivity index (χ1) is 13.3. The van der Waals surface area contributed by atoms with Crippen molar-refractivity contribution < 1.29 is 18.0 Å². The summed E-state index contributed by atoms with van der Waals surface area (Å²) >= 11 is 1.55. The summed E-state index contributed by atoms with van der Waals surface area (Å²) in [4.78, 5) is 13.3. The molecule has 1 aromatic heterocycles. The number of rotatable bonds is 6. The van der Waals surface area contributed by atoms with Crippen molar-refractivity contribution in [1.29, 1.82) is 0 Å². The van der Waals surface area contributed by atoms with Gasteiger partial charge in [0.25, 0.3) is 0 Å². The van der Waals surface area contributed by atoms with Crippen LogP contribution in [-0.4, -0.2) is 12.5 Å². The molecule has 0 radical (unpaired) electrons. The van der Waals surface area contributed by atoms with Crippen LogP contribution in [0.15, 0.2) is 66.0 Å². The number of hydrogen-bond donors (Lipinski definition) is 2. The van der Waals surface area contributed by atoms with Crippen LogP contribution in [0.25, 0.3) is 0 Å². The lowest BCUT2D eigenvalue weighted by Gasteiger charge is -2.19. The summed E-state index contributed by atoms with van der Waals surface area (Å²) in [5, 5.41) is 7.46. The highest BCUT2D eigenvalue weighted by atomic mass is 32.1. The molecule has 0 bridgehead atoms. The molecule has 2 aromatic carbocycles. The van der Waals surface area contributed by atoms with Crippen LogP contribution in [0.3, 0.4) is 0 Å². The fraction of sp³-hybridized carbons (Fsp3) is 0.190. The minimum Gasteiger partial charge on any atom is -0.324 e. The third kappa shape index (κ3) is 4.99. The van der Waals surface area contributed by atoms with E-state index >= 15 is 0 Å². The minimum atomic E-state index is -4.53. The zero-order chi connectivity index (χ0) is 20.1. The molecule has 7 heteroatoms. The second-order valence-electron chi connectivity index (χ2n) is 6.33. The van der Waals surface area contributed by atoms with E-state index in [0.717, 1.165) is 22.1 Å². The first kappa shape index (κ1) is 20.1. The number of carbonyl (C=O) groups excluding carboxylic acids is 1. The first-order valence-corrected chi connectivity index (χ1v) is 9.52. The van der Waals surface area contributed by atoms with E-state index in [4.69, 9.17) is 0 Å². The van der Waals surface area contributed by atoms with E-state index in [1.165, 1.54) is 18.2 Å². The molecule has 1 atom stereocenters. The van der Waals surface area contributed by atoms with E-state index in [0.29, 0.717) is 0 Å². The molecule has 0 spiro atoms. The fourth-order valence-corrected chi connectivity index (χ4v) is 3.65. The Hall–Kier alpha value is -2.64. The van der Waals surface area contributed by atoms with E-state index in [9.17, 15) is 18.0 Å². The number of benzene rings is 2. The Morgan fingerprint density at radius 2 is 1.75 bits per heavy atom. The first-order valence-electron chi connectivity index (χ1n) is 8.64. The summed E-state index contributed by atoms with van der Waals surface area (Å²) in [6.07, 6.45) is -4.53. The molecular weight excluding hydrogens is 385 g/mol. The maximum atomic E-state index is 13.1. The van der Waals surface area contributed by atoms with Crippen molar-refractivity contribution >= 4 is 22.9 Å². The van der Waals surface area contributed by atoms with E-state index < -0.39 is 17.6 Å². The van der Waals surface area contributed by atoms with Gasteiger partial charge in [-0.2, -0.15) is 13.2 Å². The Balaban J connectivity index is 1.72. The molecule has 1 amide bonds. The molecule has 1 heterocycles. The van der Waals surface area contributed by atoms with Gasteiger partial charge in [0, 0.05) is 4.88 Å². The van der Waals surface area contributed by atoms with Gasteiger partial charge in [0.15, 0.2) is 0 Å². The van der Waals surface area contributed by atoms with Crippen molar-refractivity contribution in [2.75, 3.05) is 11.9 Å². The maximum Gasteiger partial charge on any atom is 0.418 e. The molecular formula is C21H19F3N2OS. The number of para-hydroxylation sites is 1. The normalized spacial score (nSPS) is 12.6. The molecule has 0 saturated heterocycles. The van der Waals surface area contributed by atoms with E-state index in [-0.39, 0.29) is 18.3 Å². The molecule has 146 valence electrons. The lowest BCUT2D eigenvalue weighted by atomic mass is 10.0. The number of amides is 1. The van der Waals surface area contributed by atoms with Crippen molar-refractivity contribution in [3.8, 4) is 0 Å². The Morgan fingerprint density at radius 1 is 1.04 bits per heavy atom. The van der Waals surface area contributed by atoms with Crippen LogP contribution < -0.4 is 10.6 Å². The van der Waals surface area contributed by atoms with Crippen LogP contribution in [0.2, 0.25) is 0 Å². The average molecular weight is 404 g/mol. The minimum absolute atomic E-state index is 0.122. The molecule has 0 unspecified atom stereocenters. The molecule has 0 saturated carbocycles. The number of anilines is 1. The van der Waals surface area contributed by atoms with E-state index in [2.05, 4.69) is 10.6 Å². The van der Waals surface area contributed by atoms with Crippen LogP contribution in [0.5, 0.6) is 0 Å². The van der Waals surface area contributed by atoms with Gasteiger partial charge in [0.2, 0.25) is 5.91 Å². The second-order valence-corrected chi connectivity index (χ2v) is 7.31. The molecule has 28 heavy (non-hydrogen) atoms. The van der Waals surface area contributed by atoms with Crippen LogP contribution >= 0.6 is 11.3 Å². The summed E-state index contributed by atoms with van der Waals surface area (Å²) < 4.78 is 39.3. The van der Waals surface area contributed by atoms with Gasteiger partial charge in [-0.15, -0.1) is 11.3 Å². The van der Waals surface area contributed by atoms with Crippen LogP contribution in [0.4, 0.5) is 18.9 Å². The Morgan fingerprint density at radius 3 is 2.39 bits per heavy atom. The van der Waals surface area contributed by atoms with Gasteiger partial charge in [-0.1, -0.05) is 48.0 Å². The summed E-state index contributed by atoms with van der Waals surface area (Å²) in [5.74, 6) is -0.537. The highest BCUT2D eigenvalue weighted by Crippen LogP contribution is 2.34. The van der Waals surface area contributed by atoms with Gasteiger partial charge in [-0.25, -0.2) is 0 Å². The van der Waals surface area contributed by atoms with Gasteiger partial charge in [0.1, 0.15) is 0 Å². The van der Waals surface area contributed by atoms with Gasteiger partial charge in [-0.3, -0.25) is 10.1 Å².